The number of ether oxygens (including phenoxy) is 1. The summed E-state index contributed by atoms with van der Waals surface area (Å²) in [5.74, 6) is -1.45. The molecule has 0 spiro atoms. The molecule has 9 nitrogen and oxygen atoms in total. The monoisotopic (exact) mass is 345 g/mol. The van der Waals surface area contributed by atoms with E-state index in [0.717, 1.165) is 10.6 Å². The number of aliphatic carboxylic acids is 1. The third-order valence-electron chi connectivity index (χ3n) is 3.44. The minimum absolute atomic E-state index is 0.111. The summed E-state index contributed by atoms with van der Waals surface area (Å²) >= 11 is 0. The van der Waals surface area contributed by atoms with E-state index >= 15 is 0 Å². The Kier molecular flexibility index (Phi) is 5.39. The largest absolute Gasteiger partial charge is 0.480 e. The van der Waals surface area contributed by atoms with E-state index in [9.17, 15) is 18.0 Å². The number of carbonyl (C=O) groups excluding carboxylic acids is 1. The van der Waals surface area contributed by atoms with Crippen LogP contribution < -0.4 is 0 Å². The van der Waals surface area contributed by atoms with Crippen molar-refractivity contribution in [2.24, 2.45) is 0 Å². The average molecular weight is 345 g/mol. The Balaban J connectivity index is 2.02. The second kappa shape index (κ2) is 7.11. The number of carbonyl (C=O) groups is 2. The lowest BCUT2D eigenvalue weighted by atomic mass is 10.2. The van der Waals surface area contributed by atoms with E-state index in [0.29, 0.717) is 12.2 Å². The number of aromatic amines is 1. The summed E-state index contributed by atoms with van der Waals surface area (Å²) in [6, 6.07) is 3.36. The number of sulfonamides is 1. The summed E-state index contributed by atoms with van der Waals surface area (Å²) in [4.78, 5) is 27.5. The Morgan fingerprint density at radius 2 is 2.26 bits per heavy atom. The van der Waals surface area contributed by atoms with Crippen molar-refractivity contribution in [1.29, 1.82) is 0 Å². The van der Waals surface area contributed by atoms with Crippen LogP contribution in [0.4, 0.5) is 0 Å². The predicted octanol–water partition coefficient (Wildman–Crippen LogP) is -0.798. The fourth-order valence-corrected chi connectivity index (χ4v) is 3.13. The predicted molar refractivity (Wildman–Crippen MR) is 80.5 cm³/mol. The van der Waals surface area contributed by atoms with Gasteiger partial charge in [0.25, 0.3) is 5.91 Å². The Hall–Kier alpha value is -1.91. The number of carboxylic acid groups (broad SMARTS) is 1. The van der Waals surface area contributed by atoms with Gasteiger partial charge in [0.05, 0.1) is 19.0 Å². The second-order valence-electron chi connectivity index (χ2n) is 5.28. The molecule has 128 valence electrons. The van der Waals surface area contributed by atoms with Gasteiger partial charge >= 0.3 is 5.97 Å². The maximum absolute atomic E-state index is 12.3. The standard InChI is InChI=1S/C13H19N3O6S/c1-23(20,21)16(9-12(17)18)8-10-7-15(5-6-22-10)13(19)11-3-2-4-14-11/h2-4,10,14H,5-9H2,1H3,(H,17,18)/t10-/m0/s1. The van der Waals surface area contributed by atoms with Gasteiger partial charge in [-0.1, -0.05) is 0 Å². The van der Waals surface area contributed by atoms with Crippen molar-refractivity contribution in [1.82, 2.24) is 14.2 Å². The Morgan fingerprint density at radius 1 is 1.52 bits per heavy atom. The molecule has 1 fully saturated rings. The molecule has 1 aromatic heterocycles. The van der Waals surface area contributed by atoms with Crippen molar-refractivity contribution in [3.63, 3.8) is 0 Å². The van der Waals surface area contributed by atoms with Crippen LogP contribution in [0.25, 0.3) is 0 Å². The summed E-state index contributed by atoms with van der Waals surface area (Å²) in [6.07, 6.45) is 2.01. The number of amides is 1. The first kappa shape index (κ1) is 17.4. The van der Waals surface area contributed by atoms with Crippen molar-refractivity contribution < 1.29 is 27.9 Å². The van der Waals surface area contributed by atoms with Gasteiger partial charge in [0, 0.05) is 25.8 Å². The zero-order chi connectivity index (χ0) is 17.0. The first-order valence-corrected chi connectivity index (χ1v) is 8.83. The number of hydrogen-bond donors (Lipinski definition) is 2. The lowest BCUT2D eigenvalue weighted by Crippen LogP contribution is -2.51. The average Bonchev–Trinajstić information content (AvgIpc) is 2.99. The number of H-pyrrole nitrogens is 1. The number of aromatic nitrogens is 1. The molecule has 0 aromatic carbocycles. The van der Waals surface area contributed by atoms with Gasteiger partial charge in [0.1, 0.15) is 12.2 Å². The number of nitrogens with zero attached hydrogens (tertiary/aromatic N) is 2. The molecule has 1 aliphatic heterocycles. The molecule has 1 atom stereocenters. The van der Waals surface area contributed by atoms with Crippen LogP contribution in [0.15, 0.2) is 18.3 Å². The second-order valence-corrected chi connectivity index (χ2v) is 7.26. The zero-order valence-electron chi connectivity index (χ0n) is 12.6. The van der Waals surface area contributed by atoms with Crippen molar-refractivity contribution in [2.45, 2.75) is 6.10 Å². The normalized spacial score (nSPS) is 19.0. The van der Waals surface area contributed by atoms with Gasteiger partial charge in [-0.05, 0) is 12.1 Å². The van der Waals surface area contributed by atoms with Crippen molar-refractivity contribution in [3.8, 4) is 0 Å². The van der Waals surface area contributed by atoms with Gasteiger partial charge in [-0.3, -0.25) is 9.59 Å². The van der Waals surface area contributed by atoms with Crippen molar-refractivity contribution in [3.05, 3.63) is 24.0 Å². The highest BCUT2D eigenvalue weighted by Crippen LogP contribution is 2.12. The minimum Gasteiger partial charge on any atom is -0.480 e. The quantitative estimate of drug-likeness (QED) is 0.697. The summed E-state index contributed by atoms with van der Waals surface area (Å²) in [5.41, 5.74) is 0.441. The molecule has 0 bridgehead atoms. The molecule has 1 saturated heterocycles. The van der Waals surface area contributed by atoms with Crippen LogP contribution in [-0.4, -0.2) is 84.7 Å². The van der Waals surface area contributed by atoms with Crippen LogP contribution >= 0.6 is 0 Å². The fourth-order valence-electron chi connectivity index (χ4n) is 2.34. The molecule has 1 amide bonds. The number of morpholine rings is 1. The van der Waals surface area contributed by atoms with E-state index in [1.165, 1.54) is 0 Å². The Bertz CT molecular complexity index is 657. The van der Waals surface area contributed by atoms with Gasteiger partial charge in [-0.25, -0.2) is 8.42 Å². The SMILES string of the molecule is CS(=O)(=O)N(CC(=O)O)C[C@@H]1CN(C(=O)c2ccc[nH]2)CCO1. The lowest BCUT2D eigenvalue weighted by Gasteiger charge is -2.34. The van der Waals surface area contributed by atoms with Gasteiger partial charge in [-0.2, -0.15) is 4.31 Å². The third kappa shape index (κ3) is 4.78. The molecular formula is C13H19N3O6S. The topological polar surface area (TPSA) is 120 Å². The Morgan fingerprint density at radius 3 is 2.83 bits per heavy atom. The smallest absolute Gasteiger partial charge is 0.318 e. The van der Waals surface area contributed by atoms with Gasteiger partial charge in [0.2, 0.25) is 10.0 Å². The van der Waals surface area contributed by atoms with Crippen LogP contribution in [-0.2, 0) is 19.6 Å². The molecule has 0 radical (unpaired) electrons. The molecule has 2 N–H and O–H groups in total. The third-order valence-corrected chi connectivity index (χ3v) is 4.66. The van der Waals surface area contributed by atoms with Crippen LogP contribution in [0.3, 0.4) is 0 Å². The van der Waals surface area contributed by atoms with Crippen molar-refractivity contribution >= 4 is 21.9 Å². The van der Waals surface area contributed by atoms with E-state index < -0.39 is 28.6 Å². The zero-order valence-corrected chi connectivity index (χ0v) is 13.5. The maximum Gasteiger partial charge on any atom is 0.318 e. The summed E-state index contributed by atoms with van der Waals surface area (Å²) in [5, 5.41) is 8.83. The van der Waals surface area contributed by atoms with E-state index in [1.54, 1.807) is 23.2 Å². The number of hydrogen-bond acceptors (Lipinski definition) is 5. The molecule has 0 aliphatic carbocycles. The molecule has 1 aromatic rings. The highest BCUT2D eigenvalue weighted by Gasteiger charge is 2.30. The highest BCUT2D eigenvalue weighted by molar-refractivity contribution is 7.88. The molecule has 2 heterocycles. The molecule has 0 saturated carbocycles. The highest BCUT2D eigenvalue weighted by atomic mass is 32.2. The van der Waals surface area contributed by atoms with E-state index in [-0.39, 0.29) is 25.6 Å². The molecule has 1 aliphatic rings. The number of nitrogens with one attached hydrogen (secondary N) is 1. The van der Waals surface area contributed by atoms with Crippen LogP contribution in [0.2, 0.25) is 0 Å². The fraction of sp³-hybridized carbons (Fsp3) is 0.538. The molecule has 2 rings (SSSR count). The van der Waals surface area contributed by atoms with Gasteiger partial charge < -0.3 is 19.7 Å². The van der Waals surface area contributed by atoms with Crippen LogP contribution in [0.1, 0.15) is 10.5 Å². The van der Waals surface area contributed by atoms with E-state index in [4.69, 9.17) is 9.84 Å². The molecule has 23 heavy (non-hydrogen) atoms. The van der Waals surface area contributed by atoms with Crippen molar-refractivity contribution in [2.75, 3.05) is 39.0 Å². The van der Waals surface area contributed by atoms with E-state index in [1.807, 2.05) is 0 Å². The lowest BCUT2D eigenvalue weighted by molar-refractivity contribution is -0.137. The van der Waals surface area contributed by atoms with Gasteiger partial charge in [0.15, 0.2) is 0 Å². The maximum atomic E-state index is 12.3. The number of rotatable bonds is 6. The van der Waals surface area contributed by atoms with Gasteiger partial charge in [-0.15, -0.1) is 0 Å². The number of carboxylic acids is 1. The Labute approximate surface area is 133 Å². The summed E-state index contributed by atoms with van der Waals surface area (Å²) < 4.78 is 29.6. The first-order chi connectivity index (χ1) is 10.8. The van der Waals surface area contributed by atoms with E-state index in [2.05, 4.69) is 4.98 Å². The first-order valence-electron chi connectivity index (χ1n) is 6.98. The van der Waals surface area contributed by atoms with Crippen LogP contribution in [0.5, 0.6) is 0 Å². The minimum atomic E-state index is -3.68. The molecular weight excluding hydrogens is 326 g/mol. The molecule has 0 unspecified atom stereocenters. The summed E-state index contributed by atoms with van der Waals surface area (Å²) in [7, 11) is -3.68. The van der Waals surface area contributed by atoms with Crippen LogP contribution in [0, 0.1) is 0 Å². The summed E-state index contributed by atoms with van der Waals surface area (Å²) in [6.45, 7) is 0.111. The molecule has 10 heteroatoms.